The van der Waals surface area contributed by atoms with Crippen LogP contribution in [-0.2, 0) is 9.47 Å². The predicted molar refractivity (Wildman–Crippen MR) is 69.2 cm³/mol. The van der Waals surface area contributed by atoms with E-state index in [4.69, 9.17) is 9.47 Å². The Balaban J connectivity index is 1.79. The lowest BCUT2D eigenvalue weighted by molar-refractivity contribution is -0.0921. The summed E-state index contributed by atoms with van der Waals surface area (Å²) in [6.45, 7) is 3.79. The first-order valence-corrected chi connectivity index (χ1v) is 7.21. The summed E-state index contributed by atoms with van der Waals surface area (Å²) >= 11 is 0. The maximum absolute atomic E-state index is 6.33. The molecule has 0 spiro atoms. The summed E-state index contributed by atoms with van der Waals surface area (Å²) in [4.78, 5) is 0. The fourth-order valence-electron chi connectivity index (χ4n) is 3.10. The monoisotopic (exact) mass is 241 g/mol. The molecule has 0 amide bonds. The zero-order chi connectivity index (χ0) is 12.0. The Morgan fingerprint density at radius 1 is 1.18 bits per heavy atom. The summed E-state index contributed by atoms with van der Waals surface area (Å²) < 4.78 is 11.7. The van der Waals surface area contributed by atoms with Crippen LogP contribution in [0.5, 0.6) is 0 Å². The molecule has 1 aliphatic carbocycles. The Hall–Kier alpha value is -0.120. The molecule has 2 rings (SSSR count). The number of hydrogen-bond donors (Lipinski definition) is 1. The van der Waals surface area contributed by atoms with Gasteiger partial charge in [0.25, 0.3) is 0 Å². The second-order valence-electron chi connectivity index (χ2n) is 5.64. The fraction of sp³-hybridized carbons (Fsp3) is 1.00. The topological polar surface area (TPSA) is 30.5 Å². The maximum atomic E-state index is 6.33. The maximum Gasteiger partial charge on any atom is 0.0806 e. The van der Waals surface area contributed by atoms with Gasteiger partial charge in [-0.15, -0.1) is 0 Å². The van der Waals surface area contributed by atoms with E-state index in [0.717, 1.165) is 32.3 Å². The molecule has 0 aromatic rings. The highest BCUT2D eigenvalue weighted by molar-refractivity contribution is 4.86. The molecule has 1 saturated heterocycles. The molecular formula is C14H27NO2. The van der Waals surface area contributed by atoms with Crippen molar-refractivity contribution in [3.63, 3.8) is 0 Å². The number of ether oxygens (including phenoxy) is 2. The second-order valence-corrected chi connectivity index (χ2v) is 5.64. The quantitative estimate of drug-likeness (QED) is 0.801. The molecule has 1 N–H and O–H groups in total. The van der Waals surface area contributed by atoms with Gasteiger partial charge in [-0.1, -0.05) is 19.3 Å². The highest BCUT2D eigenvalue weighted by Crippen LogP contribution is 2.32. The highest BCUT2D eigenvalue weighted by Gasteiger charge is 2.33. The minimum absolute atomic E-state index is 0.130. The van der Waals surface area contributed by atoms with Crippen molar-refractivity contribution in [1.82, 2.24) is 5.32 Å². The van der Waals surface area contributed by atoms with Crippen LogP contribution in [0.2, 0.25) is 0 Å². The molecule has 0 aromatic heterocycles. The van der Waals surface area contributed by atoms with Crippen molar-refractivity contribution in [2.45, 2.75) is 50.5 Å². The van der Waals surface area contributed by atoms with Crippen molar-refractivity contribution < 1.29 is 9.47 Å². The van der Waals surface area contributed by atoms with Crippen molar-refractivity contribution in [1.29, 1.82) is 0 Å². The Labute approximate surface area is 105 Å². The molecule has 0 radical (unpaired) electrons. The van der Waals surface area contributed by atoms with Gasteiger partial charge in [-0.3, -0.25) is 0 Å². The van der Waals surface area contributed by atoms with Gasteiger partial charge in [0, 0.05) is 19.8 Å². The zero-order valence-electron chi connectivity index (χ0n) is 11.2. The first-order chi connectivity index (χ1) is 8.35. The lowest BCUT2D eigenvalue weighted by Crippen LogP contribution is -2.45. The average Bonchev–Trinajstić information content (AvgIpc) is 2.39. The lowest BCUT2D eigenvalue weighted by atomic mass is 9.84. The molecular weight excluding hydrogens is 214 g/mol. The highest BCUT2D eigenvalue weighted by atomic mass is 16.5. The van der Waals surface area contributed by atoms with Crippen LogP contribution in [0, 0.1) is 5.92 Å². The second kappa shape index (κ2) is 6.72. The third-order valence-corrected chi connectivity index (χ3v) is 4.23. The average molecular weight is 241 g/mol. The number of hydrogen-bond acceptors (Lipinski definition) is 3. The predicted octanol–water partition coefficient (Wildman–Crippen LogP) is 2.35. The standard InChI is InChI=1S/C14H27NO2/c1-15-12-14(7-3-2-4-8-14)17-11-13-5-9-16-10-6-13/h13,15H,2-12H2,1H3. The van der Waals surface area contributed by atoms with Crippen LogP contribution in [0.1, 0.15) is 44.9 Å². The van der Waals surface area contributed by atoms with Crippen molar-refractivity contribution in [2.75, 3.05) is 33.4 Å². The van der Waals surface area contributed by atoms with E-state index < -0.39 is 0 Å². The van der Waals surface area contributed by atoms with Crippen LogP contribution >= 0.6 is 0 Å². The van der Waals surface area contributed by atoms with Gasteiger partial charge in [0.2, 0.25) is 0 Å². The van der Waals surface area contributed by atoms with E-state index in [1.165, 1.54) is 44.9 Å². The number of likely N-dealkylation sites (N-methyl/N-ethyl adjacent to an activating group) is 1. The van der Waals surface area contributed by atoms with E-state index in [2.05, 4.69) is 5.32 Å². The SMILES string of the molecule is CNCC1(OCC2CCOCC2)CCCCC1. The molecule has 2 fully saturated rings. The molecule has 0 bridgehead atoms. The van der Waals surface area contributed by atoms with E-state index in [1.807, 2.05) is 7.05 Å². The molecule has 0 aromatic carbocycles. The molecule has 100 valence electrons. The van der Waals surface area contributed by atoms with E-state index in [1.54, 1.807) is 0 Å². The van der Waals surface area contributed by atoms with Gasteiger partial charge >= 0.3 is 0 Å². The minimum atomic E-state index is 0.130. The Morgan fingerprint density at radius 2 is 1.88 bits per heavy atom. The minimum Gasteiger partial charge on any atom is -0.381 e. The van der Waals surface area contributed by atoms with Crippen LogP contribution in [-0.4, -0.2) is 39.0 Å². The van der Waals surface area contributed by atoms with Crippen LogP contribution in [0.4, 0.5) is 0 Å². The van der Waals surface area contributed by atoms with Gasteiger partial charge in [-0.05, 0) is 38.6 Å². The molecule has 1 saturated carbocycles. The van der Waals surface area contributed by atoms with Gasteiger partial charge in [0.05, 0.1) is 12.2 Å². The van der Waals surface area contributed by atoms with Crippen molar-refractivity contribution in [2.24, 2.45) is 5.92 Å². The molecule has 17 heavy (non-hydrogen) atoms. The Kier molecular flexibility index (Phi) is 5.26. The Morgan fingerprint density at radius 3 is 2.53 bits per heavy atom. The third kappa shape index (κ3) is 3.94. The van der Waals surface area contributed by atoms with Crippen LogP contribution < -0.4 is 5.32 Å². The summed E-state index contributed by atoms with van der Waals surface area (Å²) in [7, 11) is 2.04. The van der Waals surface area contributed by atoms with E-state index in [-0.39, 0.29) is 5.60 Å². The zero-order valence-corrected chi connectivity index (χ0v) is 11.2. The summed E-state index contributed by atoms with van der Waals surface area (Å²) in [6.07, 6.45) is 8.86. The van der Waals surface area contributed by atoms with E-state index in [0.29, 0.717) is 0 Å². The first-order valence-electron chi connectivity index (χ1n) is 7.21. The van der Waals surface area contributed by atoms with Gasteiger partial charge in [-0.2, -0.15) is 0 Å². The molecule has 0 atom stereocenters. The van der Waals surface area contributed by atoms with Gasteiger partial charge in [0.15, 0.2) is 0 Å². The normalized spacial score (nSPS) is 25.9. The van der Waals surface area contributed by atoms with Gasteiger partial charge in [-0.25, -0.2) is 0 Å². The summed E-state index contributed by atoms with van der Waals surface area (Å²) in [6, 6.07) is 0. The molecule has 1 heterocycles. The molecule has 3 nitrogen and oxygen atoms in total. The van der Waals surface area contributed by atoms with Crippen LogP contribution in [0.3, 0.4) is 0 Å². The third-order valence-electron chi connectivity index (χ3n) is 4.23. The first kappa shape index (κ1) is 13.3. The summed E-state index contributed by atoms with van der Waals surface area (Å²) in [5, 5.41) is 3.32. The van der Waals surface area contributed by atoms with Crippen molar-refractivity contribution >= 4 is 0 Å². The lowest BCUT2D eigenvalue weighted by Gasteiger charge is -2.38. The van der Waals surface area contributed by atoms with E-state index in [9.17, 15) is 0 Å². The number of rotatable bonds is 5. The summed E-state index contributed by atoms with van der Waals surface area (Å²) in [5.74, 6) is 0.722. The number of nitrogens with one attached hydrogen (secondary N) is 1. The molecule has 0 unspecified atom stereocenters. The molecule has 1 aliphatic heterocycles. The largest absolute Gasteiger partial charge is 0.381 e. The fourth-order valence-corrected chi connectivity index (χ4v) is 3.10. The molecule has 3 heteroatoms. The van der Waals surface area contributed by atoms with Gasteiger partial charge < -0.3 is 14.8 Å². The smallest absolute Gasteiger partial charge is 0.0806 e. The van der Waals surface area contributed by atoms with Crippen molar-refractivity contribution in [3.8, 4) is 0 Å². The van der Waals surface area contributed by atoms with Crippen LogP contribution in [0.15, 0.2) is 0 Å². The summed E-state index contributed by atoms with van der Waals surface area (Å²) in [5.41, 5.74) is 0.130. The molecule has 2 aliphatic rings. The van der Waals surface area contributed by atoms with Gasteiger partial charge in [0.1, 0.15) is 0 Å². The van der Waals surface area contributed by atoms with Crippen molar-refractivity contribution in [3.05, 3.63) is 0 Å². The van der Waals surface area contributed by atoms with E-state index >= 15 is 0 Å². The van der Waals surface area contributed by atoms with Crippen LogP contribution in [0.25, 0.3) is 0 Å². The Bertz CT molecular complexity index is 203.